The van der Waals surface area contributed by atoms with Crippen LogP contribution in [0.4, 0.5) is 0 Å². The molecule has 0 spiro atoms. The third kappa shape index (κ3) is 3.06. The molecule has 0 saturated heterocycles. The number of nitrogens with one attached hydrogen (secondary N) is 1. The number of para-hydroxylation sites is 1. The molecule has 1 unspecified atom stereocenters. The fourth-order valence-electron chi connectivity index (χ4n) is 3.44. The topological polar surface area (TPSA) is 17.0 Å². The van der Waals surface area contributed by atoms with Gasteiger partial charge in [0.05, 0.1) is 0 Å². The highest BCUT2D eigenvalue weighted by molar-refractivity contribution is 5.93. The number of rotatable bonds is 5. The molecule has 2 heteroatoms. The third-order valence-corrected chi connectivity index (χ3v) is 4.49. The van der Waals surface area contributed by atoms with Crippen molar-refractivity contribution in [2.75, 3.05) is 13.1 Å². The molecule has 0 bridgehead atoms. The van der Waals surface area contributed by atoms with Gasteiger partial charge in [0.1, 0.15) is 0 Å². The molecule has 1 aliphatic heterocycles. The fourth-order valence-corrected chi connectivity index (χ4v) is 3.44. The molecular weight excluding hydrogens is 256 g/mol. The molecule has 112 valence electrons. The van der Waals surface area contributed by atoms with E-state index in [0.29, 0.717) is 0 Å². The lowest BCUT2D eigenvalue weighted by atomic mass is 10.00. The van der Waals surface area contributed by atoms with Gasteiger partial charge in [0.15, 0.2) is 0 Å². The van der Waals surface area contributed by atoms with Crippen LogP contribution in [0.3, 0.4) is 0 Å². The van der Waals surface area contributed by atoms with Crippen LogP contribution in [0.2, 0.25) is 0 Å². The van der Waals surface area contributed by atoms with E-state index in [1.54, 1.807) is 0 Å². The molecule has 1 aromatic carbocycles. The highest BCUT2D eigenvalue weighted by Gasteiger charge is 2.14. The summed E-state index contributed by atoms with van der Waals surface area (Å²) in [6.45, 7) is 7.86. The summed E-state index contributed by atoms with van der Waals surface area (Å²) in [5.41, 5.74) is 4.33. The monoisotopic (exact) mass is 282 g/mol. The van der Waals surface area contributed by atoms with Crippen LogP contribution in [0.15, 0.2) is 36.5 Å². The lowest BCUT2D eigenvalue weighted by Crippen LogP contribution is -2.19. The first kappa shape index (κ1) is 14.4. The summed E-state index contributed by atoms with van der Waals surface area (Å²) in [7, 11) is 0. The minimum Gasteiger partial charge on any atom is -0.347 e. The second kappa shape index (κ2) is 6.48. The predicted octanol–water partition coefficient (Wildman–Crippen LogP) is 4.45. The first-order chi connectivity index (χ1) is 10.3. The van der Waals surface area contributed by atoms with Crippen LogP contribution >= 0.6 is 0 Å². The van der Waals surface area contributed by atoms with Crippen LogP contribution < -0.4 is 5.32 Å². The highest BCUT2D eigenvalue weighted by atomic mass is 15.0. The van der Waals surface area contributed by atoms with Gasteiger partial charge in [-0.05, 0) is 36.9 Å². The van der Waals surface area contributed by atoms with Crippen LogP contribution in [0.5, 0.6) is 0 Å². The maximum atomic E-state index is 3.41. The standard InChI is InChI=1S/C19H26N2/c1-3-6-15(2)13-21-14-18(16-9-11-20-12-10-16)17-7-4-5-8-19(17)21/h4-5,7-9,14-15,20H,3,6,10-13H2,1-2H3. The maximum Gasteiger partial charge on any atom is 0.0486 e. The molecule has 2 aromatic rings. The Morgan fingerprint density at radius 2 is 2.14 bits per heavy atom. The molecule has 1 aromatic heterocycles. The molecule has 0 radical (unpaired) electrons. The van der Waals surface area contributed by atoms with Gasteiger partial charge in [-0.3, -0.25) is 0 Å². The van der Waals surface area contributed by atoms with E-state index in [1.165, 1.54) is 34.9 Å². The molecule has 0 saturated carbocycles. The summed E-state index contributed by atoms with van der Waals surface area (Å²) in [6, 6.07) is 8.85. The van der Waals surface area contributed by atoms with E-state index >= 15 is 0 Å². The van der Waals surface area contributed by atoms with Crippen molar-refractivity contribution >= 4 is 16.5 Å². The summed E-state index contributed by atoms with van der Waals surface area (Å²) >= 11 is 0. The van der Waals surface area contributed by atoms with Crippen molar-refractivity contribution < 1.29 is 0 Å². The molecular formula is C19H26N2. The SMILES string of the molecule is CCCC(C)Cn1cc(C2=CCNCC2)c2ccccc21. The van der Waals surface area contributed by atoms with E-state index in [2.05, 4.69) is 60.3 Å². The quantitative estimate of drug-likeness (QED) is 0.857. The van der Waals surface area contributed by atoms with Gasteiger partial charge < -0.3 is 9.88 Å². The molecule has 2 heterocycles. The van der Waals surface area contributed by atoms with Crippen molar-refractivity contribution in [1.29, 1.82) is 0 Å². The van der Waals surface area contributed by atoms with Crippen LogP contribution in [0.25, 0.3) is 16.5 Å². The Labute approximate surface area is 127 Å². The van der Waals surface area contributed by atoms with E-state index < -0.39 is 0 Å². The smallest absolute Gasteiger partial charge is 0.0486 e. The first-order valence-electron chi connectivity index (χ1n) is 8.27. The zero-order valence-electron chi connectivity index (χ0n) is 13.2. The van der Waals surface area contributed by atoms with E-state index in [0.717, 1.165) is 32.0 Å². The number of benzene rings is 1. The molecule has 0 aliphatic carbocycles. The number of hydrogen-bond acceptors (Lipinski definition) is 1. The Balaban J connectivity index is 1.99. The van der Waals surface area contributed by atoms with Crippen molar-refractivity contribution in [3.05, 3.63) is 42.1 Å². The molecule has 21 heavy (non-hydrogen) atoms. The second-order valence-corrected chi connectivity index (χ2v) is 6.29. The van der Waals surface area contributed by atoms with E-state index in [9.17, 15) is 0 Å². The van der Waals surface area contributed by atoms with Crippen molar-refractivity contribution in [1.82, 2.24) is 9.88 Å². The van der Waals surface area contributed by atoms with E-state index in [-0.39, 0.29) is 0 Å². The van der Waals surface area contributed by atoms with E-state index in [4.69, 9.17) is 0 Å². The Bertz CT molecular complexity index is 636. The van der Waals surface area contributed by atoms with Gasteiger partial charge >= 0.3 is 0 Å². The van der Waals surface area contributed by atoms with Crippen molar-refractivity contribution in [2.24, 2.45) is 5.92 Å². The average molecular weight is 282 g/mol. The molecule has 1 aliphatic rings. The number of nitrogens with zero attached hydrogens (tertiary/aromatic N) is 1. The summed E-state index contributed by atoms with van der Waals surface area (Å²) < 4.78 is 2.47. The third-order valence-electron chi connectivity index (χ3n) is 4.49. The summed E-state index contributed by atoms with van der Waals surface area (Å²) in [4.78, 5) is 0. The minimum absolute atomic E-state index is 0.737. The normalized spacial score (nSPS) is 17.0. The van der Waals surface area contributed by atoms with Gasteiger partial charge in [-0.2, -0.15) is 0 Å². The van der Waals surface area contributed by atoms with Crippen LogP contribution in [-0.4, -0.2) is 17.7 Å². The largest absolute Gasteiger partial charge is 0.347 e. The Morgan fingerprint density at radius 1 is 1.29 bits per heavy atom. The highest BCUT2D eigenvalue weighted by Crippen LogP contribution is 2.30. The average Bonchev–Trinajstić information content (AvgIpc) is 2.87. The Morgan fingerprint density at radius 3 is 2.90 bits per heavy atom. The second-order valence-electron chi connectivity index (χ2n) is 6.29. The summed E-state index contributed by atoms with van der Waals surface area (Å²) in [6.07, 6.45) is 8.44. The van der Waals surface area contributed by atoms with Gasteiger partial charge in [0.2, 0.25) is 0 Å². The minimum atomic E-state index is 0.737. The van der Waals surface area contributed by atoms with Crippen molar-refractivity contribution in [3.63, 3.8) is 0 Å². The lowest BCUT2D eigenvalue weighted by Gasteiger charge is -2.13. The Hall–Kier alpha value is -1.54. The number of fused-ring (bicyclic) bond motifs is 1. The number of aromatic nitrogens is 1. The maximum absolute atomic E-state index is 3.41. The van der Waals surface area contributed by atoms with Crippen LogP contribution in [0, 0.1) is 5.92 Å². The van der Waals surface area contributed by atoms with Gasteiger partial charge in [-0.1, -0.05) is 44.5 Å². The zero-order valence-corrected chi connectivity index (χ0v) is 13.2. The molecule has 1 N–H and O–H groups in total. The molecule has 0 amide bonds. The van der Waals surface area contributed by atoms with Gasteiger partial charge in [0, 0.05) is 35.8 Å². The van der Waals surface area contributed by atoms with Crippen LogP contribution in [0.1, 0.15) is 38.7 Å². The van der Waals surface area contributed by atoms with Crippen molar-refractivity contribution in [3.8, 4) is 0 Å². The predicted molar refractivity (Wildman–Crippen MR) is 91.5 cm³/mol. The molecule has 2 nitrogen and oxygen atoms in total. The van der Waals surface area contributed by atoms with Gasteiger partial charge in [-0.25, -0.2) is 0 Å². The summed E-state index contributed by atoms with van der Waals surface area (Å²) in [5, 5.41) is 4.82. The van der Waals surface area contributed by atoms with Gasteiger partial charge in [-0.15, -0.1) is 0 Å². The lowest BCUT2D eigenvalue weighted by molar-refractivity contribution is 0.453. The van der Waals surface area contributed by atoms with Crippen molar-refractivity contribution in [2.45, 2.75) is 39.7 Å². The molecule has 3 rings (SSSR count). The fraction of sp³-hybridized carbons (Fsp3) is 0.474. The first-order valence-corrected chi connectivity index (χ1v) is 8.27. The zero-order chi connectivity index (χ0) is 14.7. The Kier molecular flexibility index (Phi) is 4.45. The summed E-state index contributed by atoms with van der Waals surface area (Å²) in [5.74, 6) is 0.737. The molecule has 0 fully saturated rings. The van der Waals surface area contributed by atoms with Gasteiger partial charge in [0.25, 0.3) is 0 Å². The van der Waals surface area contributed by atoms with E-state index in [1.807, 2.05) is 0 Å². The number of hydrogen-bond donors (Lipinski definition) is 1. The van der Waals surface area contributed by atoms with Crippen LogP contribution in [-0.2, 0) is 6.54 Å². The molecule has 1 atom stereocenters.